The Morgan fingerprint density at radius 2 is 1.76 bits per heavy atom. The van der Waals surface area contributed by atoms with Crippen molar-refractivity contribution in [1.29, 1.82) is 0 Å². The zero-order valence-corrected chi connectivity index (χ0v) is 17.7. The number of aliphatic hydroxyl groups excluding tert-OH is 1. The van der Waals surface area contributed by atoms with E-state index in [1.807, 2.05) is 12.2 Å². The number of allylic oxidation sites excluding steroid dienone is 9. The topological polar surface area (TPSA) is 63.6 Å². The Morgan fingerprint density at radius 1 is 1.03 bits per heavy atom. The molecule has 3 aliphatic rings. The largest absolute Gasteiger partial charge is 0.512 e. The number of hydrogen-bond donors (Lipinski definition) is 1. The van der Waals surface area contributed by atoms with Crippen molar-refractivity contribution in [3.8, 4) is 0 Å². The van der Waals surface area contributed by atoms with E-state index in [1.54, 1.807) is 13.0 Å². The number of aliphatic hydroxyl groups is 1. The molecule has 0 aromatic heterocycles. The number of fused-ring (bicyclic) bond motifs is 3. The summed E-state index contributed by atoms with van der Waals surface area (Å²) < 4.78 is 5.33. The Bertz CT molecular complexity index is 798. The van der Waals surface area contributed by atoms with Crippen LogP contribution in [0.4, 0.5) is 0 Å². The lowest BCUT2D eigenvalue weighted by Gasteiger charge is -2.43. The van der Waals surface area contributed by atoms with Gasteiger partial charge in [-0.2, -0.15) is 0 Å². The maximum absolute atomic E-state index is 12.7. The van der Waals surface area contributed by atoms with Crippen molar-refractivity contribution < 1.29 is 19.4 Å². The first-order chi connectivity index (χ1) is 13.8. The molecule has 1 heterocycles. The van der Waals surface area contributed by atoms with Crippen LogP contribution in [0.15, 0.2) is 59.9 Å². The average Bonchev–Trinajstić information content (AvgIpc) is 2.68. The molecule has 2 aliphatic carbocycles. The van der Waals surface area contributed by atoms with Gasteiger partial charge < -0.3 is 9.84 Å². The molecule has 0 saturated heterocycles. The highest BCUT2D eigenvalue weighted by molar-refractivity contribution is 6.04. The number of hydrogen-bond acceptors (Lipinski definition) is 4. The van der Waals surface area contributed by atoms with Crippen LogP contribution >= 0.6 is 0 Å². The molecule has 3 rings (SSSR count). The summed E-state index contributed by atoms with van der Waals surface area (Å²) in [7, 11) is 0. The van der Waals surface area contributed by atoms with Gasteiger partial charge in [0.25, 0.3) is 0 Å². The van der Waals surface area contributed by atoms with Crippen LogP contribution in [0.5, 0.6) is 0 Å². The normalized spacial score (nSPS) is 38.3. The van der Waals surface area contributed by atoms with E-state index in [4.69, 9.17) is 4.74 Å². The Hall–Kier alpha value is -2.36. The highest BCUT2D eigenvalue weighted by Crippen LogP contribution is 2.47. The third-order valence-electron chi connectivity index (χ3n) is 6.53. The molecule has 0 bridgehead atoms. The number of carbonyl (C=O) groups excluding carboxylic acids is 2. The van der Waals surface area contributed by atoms with Crippen molar-refractivity contribution in [1.82, 2.24) is 0 Å². The summed E-state index contributed by atoms with van der Waals surface area (Å²) in [5.41, 5.74) is 1.37. The summed E-state index contributed by atoms with van der Waals surface area (Å²) in [6, 6.07) is 0. The van der Waals surface area contributed by atoms with Gasteiger partial charge in [0.05, 0.1) is 5.76 Å². The fourth-order valence-electron chi connectivity index (χ4n) is 4.73. The predicted octanol–water partition coefficient (Wildman–Crippen LogP) is 5.10. The molecule has 0 spiro atoms. The van der Waals surface area contributed by atoms with Crippen LogP contribution in [-0.4, -0.2) is 23.0 Å². The van der Waals surface area contributed by atoms with Crippen LogP contribution in [0.25, 0.3) is 0 Å². The number of ether oxygens (including phenoxy) is 1. The van der Waals surface area contributed by atoms with E-state index in [2.05, 4.69) is 38.2 Å². The number of ketones is 1. The Balaban J connectivity index is 2.01. The number of rotatable bonds is 0. The molecule has 7 atom stereocenters. The van der Waals surface area contributed by atoms with Gasteiger partial charge in [-0.3, -0.25) is 9.59 Å². The summed E-state index contributed by atoms with van der Waals surface area (Å²) in [5.74, 6) is -1.07. The average molecular weight is 397 g/mol. The highest BCUT2D eigenvalue weighted by atomic mass is 16.5. The van der Waals surface area contributed by atoms with E-state index in [1.165, 1.54) is 18.6 Å². The summed E-state index contributed by atoms with van der Waals surface area (Å²) in [4.78, 5) is 25.0. The minimum Gasteiger partial charge on any atom is -0.512 e. The van der Waals surface area contributed by atoms with Crippen LogP contribution in [0.2, 0.25) is 0 Å². The molecule has 1 N–H and O–H groups in total. The third kappa shape index (κ3) is 4.80. The van der Waals surface area contributed by atoms with Gasteiger partial charge in [-0.15, -0.1) is 0 Å². The third-order valence-corrected chi connectivity index (χ3v) is 6.53. The Labute approximate surface area is 173 Å². The van der Waals surface area contributed by atoms with Crippen molar-refractivity contribution in [3.63, 3.8) is 0 Å². The summed E-state index contributed by atoms with van der Waals surface area (Å²) in [6.45, 7) is 7.59. The maximum Gasteiger partial charge on any atom is 0.317 e. The highest BCUT2D eigenvalue weighted by Gasteiger charge is 2.41. The Morgan fingerprint density at radius 3 is 2.52 bits per heavy atom. The second-order valence-corrected chi connectivity index (χ2v) is 8.77. The molecule has 0 saturated carbocycles. The Kier molecular flexibility index (Phi) is 6.61. The van der Waals surface area contributed by atoms with E-state index >= 15 is 0 Å². The standard InChI is InChI=1S/C25H32O4/c1-15-9-11-21-19(13-15)10-12-20-16(2)7-5-6-8-17(3)29-25(28)18(4)22(26)14-23(27)24(20)21/h5-10,12,14,16-21,24,27H,11,13H2,1-4H3/t16-,17-,18-,19+,20-,21+,24+/m1/s1. The first-order valence-corrected chi connectivity index (χ1v) is 10.6. The summed E-state index contributed by atoms with van der Waals surface area (Å²) >= 11 is 0. The lowest BCUT2D eigenvalue weighted by Crippen LogP contribution is -2.37. The smallest absolute Gasteiger partial charge is 0.317 e. The molecule has 0 radical (unpaired) electrons. The van der Waals surface area contributed by atoms with Crippen LogP contribution < -0.4 is 0 Å². The maximum atomic E-state index is 12.7. The first kappa shape index (κ1) is 21.4. The van der Waals surface area contributed by atoms with Crippen LogP contribution in [-0.2, 0) is 14.3 Å². The van der Waals surface area contributed by atoms with Crippen molar-refractivity contribution in [2.45, 2.75) is 46.6 Å². The zero-order chi connectivity index (χ0) is 21.1. The van der Waals surface area contributed by atoms with E-state index in [9.17, 15) is 14.7 Å². The van der Waals surface area contributed by atoms with Crippen LogP contribution in [0, 0.1) is 35.5 Å². The van der Waals surface area contributed by atoms with Gasteiger partial charge in [0, 0.05) is 12.0 Å². The number of carbonyl (C=O) groups is 2. The van der Waals surface area contributed by atoms with E-state index in [0.717, 1.165) is 12.8 Å². The first-order valence-electron chi connectivity index (χ1n) is 10.6. The van der Waals surface area contributed by atoms with E-state index < -0.39 is 23.8 Å². The molecule has 1 aliphatic heterocycles. The minimum absolute atomic E-state index is 0.0906. The van der Waals surface area contributed by atoms with Gasteiger partial charge in [0.15, 0.2) is 5.78 Å². The van der Waals surface area contributed by atoms with Gasteiger partial charge in [-0.1, -0.05) is 49.0 Å². The molecule has 0 aromatic rings. The fraction of sp³-hybridized carbons (Fsp3) is 0.520. The molecule has 0 fully saturated rings. The van der Waals surface area contributed by atoms with Crippen LogP contribution in [0.1, 0.15) is 40.5 Å². The number of esters is 1. The SMILES string of the molecule is CC1=CC[C@@H]2[C@H]3C(O)=CC(=O)[C@@H](C)C(=O)O[C@H](C)C=CC=C[C@@H](C)[C@H]3C=C[C@H]2C1. The van der Waals surface area contributed by atoms with Gasteiger partial charge in [-0.05, 0) is 63.4 Å². The summed E-state index contributed by atoms with van der Waals surface area (Å²) in [5, 5.41) is 11.1. The second-order valence-electron chi connectivity index (χ2n) is 8.77. The van der Waals surface area contributed by atoms with Gasteiger partial charge in [0.2, 0.25) is 0 Å². The molecule has 4 heteroatoms. The molecule has 4 nitrogen and oxygen atoms in total. The van der Waals surface area contributed by atoms with Crippen molar-refractivity contribution in [3.05, 3.63) is 59.9 Å². The second kappa shape index (κ2) is 8.98. The molecule has 0 unspecified atom stereocenters. The predicted molar refractivity (Wildman–Crippen MR) is 114 cm³/mol. The quantitative estimate of drug-likeness (QED) is 0.351. The number of cyclic esters (lactones) is 1. The summed E-state index contributed by atoms with van der Waals surface area (Å²) in [6.07, 6.45) is 17.2. The monoisotopic (exact) mass is 396 g/mol. The van der Waals surface area contributed by atoms with E-state index in [0.29, 0.717) is 5.92 Å². The van der Waals surface area contributed by atoms with Crippen LogP contribution in [0.3, 0.4) is 0 Å². The van der Waals surface area contributed by atoms with Crippen molar-refractivity contribution >= 4 is 11.8 Å². The lowest BCUT2D eigenvalue weighted by molar-refractivity contribution is -0.152. The lowest BCUT2D eigenvalue weighted by atomic mass is 9.62. The molecule has 0 aromatic carbocycles. The fourth-order valence-corrected chi connectivity index (χ4v) is 4.73. The molecular formula is C25H32O4. The molecular weight excluding hydrogens is 364 g/mol. The van der Waals surface area contributed by atoms with Gasteiger partial charge in [0.1, 0.15) is 12.0 Å². The van der Waals surface area contributed by atoms with Crippen molar-refractivity contribution in [2.75, 3.05) is 0 Å². The van der Waals surface area contributed by atoms with Gasteiger partial charge in [-0.25, -0.2) is 0 Å². The van der Waals surface area contributed by atoms with Crippen molar-refractivity contribution in [2.24, 2.45) is 35.5 Å². The minimum atomic E-state index is -0.939. The molecule has 156 valence electrons. The molecule has 0 amide bonds. The zero-order valence-electron chi connectivity index (χ0n) is 17.7. The molecule has 29 heavy (non-hydrogen) atoms. The van der Waals surface area contributed by atoms with Gasteiger partial charge >= 0.3 is 5.97 Å². The van der Waals surface area contributed by atoms with E-state index in [-0.39, 0.29) is 29.4 Å².